The fourth-order valence-electron chi connectivity index (χ4n) is 1.16. The van der Waals surface area contributed by atoms with Crippen LogP contribution in [0.1, 0.15) is 16.3 Å². The van der Waals surface area contributed by atoms with Crippen molar-refractivity contribution in [3.05, 3.63) is 33.9 Å². The Bertz CT molecular complexity index is 435. The molecule has 0 spiro atoms. The van der Waals surface area contributed by atoms with E-state index in [1.54, 1.807) is 11.3 Å². The van der Waals surface area contributed by atoms with Gasteiger partial charge in [-0.3, -0.25) is 0 Å². The van der Waals surface area contributed by atoms with E-state index in [9.17, 15) is 0 Å². The van der Waals surface area contributed by atoms with E-state index in [-0.39, 0.29) is 0 Å². The molecular weight excluding hydrogens is 208 g/mol. The molecule has 2 heterocycles. The minimum absolute atomic E-state index is 0.758. The summed E-state index contributed by atoms with van der Waals surface area (Å²) in [4.78, 5) is 5.42. The van der Waals surface area contributed by atoms with Crippen molar-refractivity contribution in [2.45, 2.75) is 20.4 Å². The number of aromatic nitrogens is 3. The molecule has 0 aliphatic rings. The van der Waals surface area contributed by atoms with E-state index in [4.69, 9.17) is 0 Å². The number of thiazole rings is 1. The van der Waals surface area contributed by atoms with Gasteiger partial charge in [-0.2, -0.15) is 5.10 Å². The number of aryl methyl sites for hydroxylation is 2. The second-order valence-corrected chi connectivity index (χ2v) is 4.21. The van der Waals surface area contributed by atoms with Crippen LogP contribution in [0.4, 0.5) is 5.82 Å². The van der Waals surface area contributed by atoms with Gasteiger partial charge in [0.2, 0.25) is 0 Å². The lowest BCUT2D eigenvalue weighted by atomic mass is 10.4. The van der Waals surface area contributed by atoms with Gasteiger partial charge in [0.1, 0.15) is 5.82 Å². The highest BCUT2D eigenvalue weighted by molar-refractivity contribution is 7.09. The highest BCUT2D eigenvalue weighted by atomic mass is 32.1. The van der Waals surface area contributed by atoms with Crippen LogP contribution in [0.3, 0.4) is 0 Å². The highest BCUT2D eigenvalue weighted by Crippen LogP contribution is 2.13. The number of anilines is 1. The van der Waals surface area contributed by atoms with Crippen molar-refractivity contribution in [1.29, 1.82) is 0 Å². The Kier molecular flexibility index (Phi) is 2.91. The predicted octanol–water partition coefficient (Wildman–Crippen LogP) is 2.16. The van der Waals surface area contributed by atoms with Gasteiger partial charge in [-0.1, -0.05) is 0 Å². The first-order chi connectivity index (χ1) is 7.25. The van der Waals surface area contributed by atoms with Crippen molar-refractivity contribution in [3.8, 4) is 0 Å². The molecule has 0 fully saturated rings. The third-order valence-electron chi connectivity index (χ3n) is 2.07. The van der Waals surface area contributed by atoms with Crippen LogP contribution < -0.4 is 5.32 Å². The average molecular weight is 220 g/mol. The fraction of sp³-hybridized carbons (Fsp3) is 0.300. The van der Waals surface area contributed by atoms with Crippen LogP contribution in [-0.4, -0.2) is 15.2 Å². The maximum absolute atomic E-state index is 4.19. The Labute approximate surface area is 92.4 Å². The van der Waals surface area contributed by atoms with E-state index in [1.807, 2.05) is 31.5 Å². The van der Waals surface area contributed by atoms with Crippen molar-refractivity contribution < 1.29 is 0 Å². The number of rotatable bonds is 3. The van der Waals surface area contributed by atoms with Crippen molar-refractivity contribution in [2.75, 3.05) is 5.32 Å². The van der Waals surface area contributed by atoms with Gasteiger partial charge < -0.3 is 5.32 Å². The summed E-state index contributed by atoms with van der Waals surface area (Å²) in [7, 11) is 0. The van der Waals surface area contributed by atoms with E-state index in [0.717, 1.165) is 23.8 Å². The lowest BCUT2D eigenvalue weighted by molar-refractivity contribution is 0.963. The molecule has 1 N–H and O–H groups in total. The van der Waals surface area contributed by atoms with Gasteiger partial charge in [0, 0.05) is 4.88 Å². The molecule has 2 aromatic heterocycles. The van der Waals surface area contributed by atoms with Crippen LogP contribution in [0, 0.1) is 13.8 Å². The smallest absolute Gasteiger partial charge is 0.148 e. The van der Waals surface area contributed by atoms with E-state index in [0.29, 0.717) is 0 Å². The highest BCUT2D eigenvalue weighted by Gasteiger charge is 2.01. The van der Waals surface area contributed by atoms with Crippen LogP contribution in [0.5, 0.6) is 0 Å². The third kappa shape index (κ3) is 2.50. The molecule has 2 aromatic rings. The van der Waals surface area contributed by atoms with E-state index in [2.05, 4.69) is 20.5 Å². The molecule has 15 heavy (non-hydrogen) atoms. The summed E-state index contributed by atoms with van der Waals surface area (Å²) in [6.45, 7) is 4.69. The summed E-state index contributed by atoms with van der Waals surface area (Å²) in [5.41, 5.74) is 3.86. The van der Waals surface area contributed by atoms with Gasteiger partial charge in [0.25, 0.3) is 0 Å². The zero-order chi connectivity index (χ0) is 10.7. The van der Waals surface area contributed by atoms with Gasteiger partial charge in [-0.05, 0) is 26.0 Å². The van der Waals surface area contributed by atoms with Gasteiger partial charge in [0.15, 0.2) is 0 Å². The van der Waals surface area contributed by atoms with E-state index in [1.165, 1.54) is 4.88 Å². The molecule has 0 radical (unpaired) electrons. The topological polar surface area (TPSA) is 50.7 Å². The maximum atomic E-state index is 4.19. The molecule has 78 valence electrons. The largest absolute Gasteiger partial charge is 0.364 e. The van der Waals surface area contributed by atoms with Gasteiger partial charge in [-0.15, -0.1) is 16.4 Å². The normalized spacial score (nSPS) is 10.3. The summed E-state index contributed by atoms with van der Waals surface area (Å²) in [6, 6.07) is 3.87. The van der Waals surface area contributed by atoms with Crippen LogP contribution >= 0.6 is 11.3 Å². The second kappa shape index (κ2) is 4.35. The molecule has 0 saturated heterocycles. The molecule has 2 rings (SSSR count). The molecule has 0 amide bonds. The Balaban J connectivity index is 1.99. The fourth-order valence-corrected chi connectivity index (χ4v) is 1.88. The SMILES string of the molecule is Cc1ccc(NCc2scnc2C)nn1. The van der Waals surface area contributed by atoms with Gasteiger partial charge >= 0.3 is 0 Å². The molecule has 0 atom stereocenters. The summed E-state index contributed by atoms with van der Waals surface area (Å²) < 4.78 is 0. The van der Waals surface area contributed by atoms with Crippen molar-refractivity contribution >= 4 is 17.2 Å². The van der Waals surface area contributed by atoms with Crippen LogP contribution in [0.2, 0.25) is 0 Å². The Hall–Kier alpha value is -1.49. The molecule has 0 bridgehead atoms. The predicted molar refractivity (Wildman–Crippen MR) is 60.9 cm³/mol. The summed E-state index contributed by atoms with van der Waals surface area (Å²) >= 11 is 1.65. The van der Waals surface area contributed by atoms with Gasteiger partial charge in [-0.25, -0.2) is 4.98 Å². The number of hydrogen-bond acceptors (Lipinski definition) is 5. The van der Waals surface area contributed by atoms with Crippen LogP contribution in [-0.2, 0) is 6.54 Å². The zero-order valence-corrected chi connectivity index (χ0v) is 9.51. The van der Waals surface area contributed by atoms with Crippen molar-refractivity contribution in [2.24, 2.45) is 0 Å². The number of nitrogens with one attached hydrogen (secondary N) is 1. The molecule has 0 aromatic carbocycles. The molecule has 0 saturated carbocycles. The molecular formula is C10H12N4S. The zero-order valence-electron chi connectivity index (χ0n) is 8.69. The first-order valence-corrected chi connectivity index (χ1v) is 5.57. The van der Waals surface area contributed by atoms with Crippen molar-refractivity contribution in [1.82, 2.24) is 15.2 Å². The summed E-state index contributed by atoms with van der Waals surface area (Å²) in [5, 5.41) is 11.2. The number of hydrogen-bond donors (Lipinski definition) is 1. The van der Waals surface area contributed by atoms with Crippen LogP contribution in [0.15, 0.2) is 17.6 Å². The van der Waals surface area contributed by atoms with E-state index < -0.39 is 0 Å². The van der Waals surface area contributed by atoms with Crippen molar-refractivity contribution in [3.63, 3.8) is 0 Å². The average Bonchev–Trinajstić information content (AvgIpc) is 2.63. The third-order valence-corrected chi connectivity index (χ3v) is 3.01. The first kappa shape index (κ1) is 10.0. The molecule has 0 unspecified atom stereocenters. The quantitative estimate of drug-likeness (QED) is 0.861. The summed E-state index contributed by atoms with van der Waals surface area (Å²) in [6.07, 6.45) is 0. The Morgan fingerprint density at radius 3 is 2.73 bits per heavy atom. The first-order valence-electron chi connectivity index (χ1n) is 4.69. The van der Waals surface area contributed by atoms with E-state index >= 15 is 0 Å². The Morgan fingerprint density at radius 1 is 1.27 bits per heavy atom. The molecule has 4 nitrogen and oxygen atoms in total. The second-order valence-electron chi connectivity index (χ2n) is 3.27. The van der Waals surface area contributed by atoms with Crippen LogP contribution in [0.25, 0.3) is 0 Å². The standard InChI is InChI=1S/C10H12N4S/c1-7-3-4-10(14-13-7)11-5-9-8(2)12-6-15-9/h3-4,6H,5H2,1-2H3,(H,11,14). The number of nitrogens with zero attached hydrogens (tertiary/aromatic N) is 3. The Morgan fingerprint density at radius 2 is 2.13 bits per heavy atom. The summed E-state index contributed by atoms with van der Waals surface area (Å²) in [5.74, 6) is 0.799. The minimum Gasteiger partial charge on any atom is -0.364 e. The maximum Gasteiger partial charge on any atom is 0.148 e. The molecule has 5 heteroatoms. The molecule has 0 aliphatic carbocycles. The minimum atomic E-state index is 0.758. The monoisotopic (exact) mass is 220 g/mol. The lowest BCUT2D eigenvalue weighted by Gasteiger charge is -2.03. The van der Waals surface area contributed by atoms with Gasteiger partial charge in [0.05, 0.1) is 23.4 Å². The molecule has 0 aliphatic heterocycles. The lowest BCUT2D eigenvalue weighted by Crippen LogP contribution is -2.02.